The molecule has 0 heterocycles. The highest BCUT2D eigenvalue weighted by Crippen LogP contribution is 2.21. The molecule has 0 atom stereocenters. The average Bonchev–Trinajstić information content (AvgIpc) is 2.24. The molecule has 10 heteroatoms. The predicted molar refractivity (Wildman–Crippen MR) is 56.2 cm³/mol. The second-order valence-corrected chi connectivity index (χ2v) is 5.74. The highest BCUT2D eigenvalue weighted by Gasteiger charge is 2.34. The molecule has 0 aromatic carbocycles. The van der Waals surface area contributed by atoms with Crippen LogP contribution in [-0.4, -0.2) is 61.0 Å². The number of alkyl halides is 3. The number of rotatable bonds is 8. The molecule has 4 N–H and O–H groups in total. The Balaban J connectivity index is 4.47. The third kappa shape index (κ3) is 6.50. The van der Waals surface area contributed by atoms with Crippen molar-refractivity contribution < 1.29 is 36.9 Å². The monoisotopic (exact) mass is 295 g/mol. The first-order valence-electron chi connectivity index (χ1n) is 5.01. The summed E-state index contributed by atoms with van der Waals surface area (Å²) in [4.78, 5) is 0. The molecule has 18 heavy (non-hydrogen) atoms. The van der Waals surface area contributed by atoms with Gasteiger partial charge in [-0.25, -0.2) is 13.1 Å². The van der Waals surface area contributed by atoms with Crippen LogP contribution in [0, 0.1) is 0 Å². The second-order valence-electron chi connectivity index (χ2n) is 3.89. The van der Waals surface area contributed by atoms with Crippen LogP contribution in [0.25, 0.3) is 0 Å². The van der Waals surface area contributed by atoms with E-state index in [1.165, 1.54) is 0 Å². The Morgan fingerprint density at radius 1 is 1.00 bits per heavy atom. The summed E-state index contributed by atoms with van der Waals surface area (Å²) >= 11 is 0. The highest BCUT2D eigenvalue weighted by atomic mass is 32.2. The number of halogens is 3. The van der Waals surface area contributed by atoms with Gasteiger partial charge in [0.15, 0.2) is 0 Å². The number of nitrogens with one attached hydrogen (secondary N) is 1. The van der Waals surface area contributed by atoms with E-state index in [2.05, 4.69) is 0 Å². The summed E-state index contributed by atoms with van der Waals surface area (Å²) in [7, 11) is -4.13. The zero-order valence-corrected chi connectivity index (χ0v) is 10.3. The average molecular weight is 295 g/mol. The lowest BCUT2D eigenvalue weighted by atomic mass is 10.1. The molecule has 0 amide bonds. The van der Waals surface area contributed by atoms with Gasteiger partial charge in [0.05, 0.1) is 25.6 Å². The Hall–Kier alpha value is -0.420. The van der Waals surface area contributed by atoms with E-state index in [4.69, 9.17) is 15.3 Å². The third-order valence-electron chi connectivity index (χ3n) is 2.15. The van der Waals surface area contributed by atoms with E-state index in [0.29, 0.717) is 0 Å². The van der Waals surface area contributed by atoms with Crippen molar-refractivity contribution in [1.82, 2.24) is 4.72 Å². The van der Waals surface area contributed by atoms with Crippen molar-refractivity contribution >= 4 is 10.0 Å². The minimum atomic E-state index is -4.45. The molecule has 110 valence electrons. The van der Waals surface area contributed by atoms with Crippen LogP contribution < -0.4 is 4.72 Å². The van der Waals surface area contributed by atoms with Gasteiger partial charge in [-0.05, 0) is 6.42 Å². The fraction of sp³-hybridized carbons (Fsp3) is 1.00. The molecular weight excluding hydrogens is 279 g/mol. The predicted octanol–water partition coefficient (Wildman–Crippen LogP) is -1.04. The smallest absolute Gasteiger partial charge is 0.389 e. The van der Waals surface area contributed by atoms with Gasteiger partial charge in [-0.15, -0.1) is 0 Å². The summed E-state index contributed by atoms with van der Waals surface area (Å²) in [5.74, 6) is -0.811. The van der Waals surface area contributed by atoms with Crippen molar-refractivity contribution in [3.63, 3.8) is 0 Å². The van der Waals surface area contributed by atoms with Gasteiger partial charge < -0.3 is 15.3 Å². The summed E-state index contributed by atoms with van der Waals surface area (Å²) in [5.41, 5.74) is -1.86. The van der Waals surface area contributed by atoms with E-state index >= 15 is 0 Å². The van der Waals surface area contributed by atoms with Gasteiger partial charge in [0.1, 0.15) is 5.54 Å². The van der Waals surface area contributed by atoms with Crippen molar-refractivity contribution in [3.05, 3.63) is 0 Å². The maximum Gasteiger partial charge on any atom is 0.389 e. The molecule has 0 saturated carbocycles. The molecule has 0 aliphatic rings. The third-order valence-corrected chi connectivity index (χ3v) is 3.72. The van der Waals surface area contributed by atoms with Crippen LogP contribution in [0.3, 0.4) is 0 Å². The van der Waals surface area contributed by atoms with Crippen molar-refractivity contribution in [3.8, 4) is 0 Å². The van der Waals surface area contributed by atoms with Crippen LogP contribution in [0.5, 0.6) is 0 Å². The minimum Gasteiger partial charge on any atom is -0.394 e. The number of hydrogen-bond donors (Lipinski definition) is 4. The van der Waals surface area contributed by atoms with Crippen LogP contribution in [-0.2, 0) is 10.0 Å². The van der Waals surface area contributed by atoms with E-state index in [1.807, 2.05) is 0 Å². The zero-order chi connectivity index (χ0) is 14.4. The molecule has 0 aliphatic carbocycles. The summed E-state index contributed by atoms with van der Waals surface area (Å²) in [5, 5.41) is 26.6. The Morgan fingerprint density at radius 2 is 1.44 bits per heavy atom. The molecule has 0 saturated heterocycles. The lowest BCUT2D eigenvalue weighted by Crippen LogP contribution is -2.57. The molecule has 6 nitrogen and oxygen atoms in total. The summed E-state index contributed by atoms with van der Waals surface area (Å²) in [6, 6.07) is 0. The van der Waals surface area contributed by atoms with Gasteiger partial charge in [0.2, 0.25) is 10.0 Å². The Morgan fingerprint density at radius 3 is 1.78 bits per heavy atom. The fourth-order valence-electron chi connectivity index (χ4n) is 1.09. The van der Waals surface area contributed by atoms with Crippen LogP contribution in [0.4, 0.5) is 13.2 Å². The topological polar surface area (TPSA) is 107 Å². The minimum absolute atomic E-state index is 0.642. The van der Waals surface area contributed by atoms with Gasteiger partial charge in [-0.1, -0.05) is 0 Å². The zero-order valence-electron chi connectivity index (χ0n) is 9.44. The van der Waals surface area contributed by atoms with Crippen molar-refractivity contribution in [2.75, 3.05) is 25.6 Å². The number of aliphatic hydroxyl groups is 3. The lowest BCUT2D eigenvalue weighted by molar-refractivity contribution is -0.134. The van der Waals surface area contributed by atoms with Gasteiger partial charge in [0.25, 0.3) is 0 Å². The van der Waals surface area contributed by atoms with Crippen molar-refractivity contribution in [2.24, 2.45) is 0 Å². The van der Waals surface area contributed by atoms with E-state index in [0.717, 1.165) is 0 Å². The second kappa shape index (κ2) is 6.66. The molecular formula is C8H16F3NO5S. The summed E-state index contributed by atoms with van der Waals surface area (Å²) < 4.78 is 60.1. The molecule has 0 spiro atoms. The van der Waals surface area contributed by atoms with Crippen LogP contribution in [0.2, 0.25) is 0 Å². The van der Waals surface area contributed by atoms with Crippen LogP contribution in [0.1, 0.15) is 12.8 Å². The Bertz CT molecular complexity index is 331. The number of hydrogen-bond acceptors (Lipinski definition) is 5. The maximum absolute atomic E-state index is 11.8. The van der Waals surface area contributed by atoms with E-state index in [-0.39, 0.29) is 0 Å². The molecule has 0 bridgehead atoms. The SMILES string of the molecule is O=S(=O)(CCCC(F)(F)F)NC(CO)(CO)CO. The van der Waals surface area contributed by atoms with Crippen LogP contribution in [0.15, 0.2) is 0 Å². The highest BCUT2D eigenvalue weighted by molar-refractivity contribution is 7.89. The quantitative estimate of drug-likeness (QED) is 0.458. The van der Waals surface area contributed by atoms with Gasteiger partial charge in [0, 0.05) is 6.42 Å². The lowest BCUT2D eigenvalue weighted by Gasteiger charge is -2.28. The van der Waals surface area contributed by atoms with E-state index in [1.54, 1.807) is 4.72 Å². The molecule has 0 aromatic rings. The number of sulfonamides is 1. The Kier molecular flexibility index (Phi) is 6.51. The first-order chi connectivity index (χ1) is 8.10. The molecule has 0 rings (SSSR count). The normalized spacial score (nSPS) is 13.9. The molecule has 0 aliphatic heterocycles. The first kappa shape index (κ1) is 17.6. The van der Waals surface area contributed by atoms with Crippen molar-refractivity contribution in [2.45, 2.75) is 24.6 Å². The maximum atomic E-state index is 11.8. The molecule has 0 fully saturated rings. The summed E-state index contributed by atoms with van der Waals surface area (Å²) in [6.07, 6.45) is -6.34. The summed E-state index contributed by atoms with van der Waals surface area (Å²) in [6.45, 7) is -2.63. The van der Waals surface area contributed by atoms with Gasteiger partial charge in [-0.2, -0.15) is 13.2 Å². The van der Waals surface area contributed by atoms with Gasteiger partial charge >= 0.3 is 6.18 Å². The van der Waals surface area contributed by atoms with E-state index in [9.17, 15) is 21.6 Å². The van der Waals surface area contributed by atoms with Crippen molar-refractivity contribution in [1.29, 1.82) is 0 Å². The van der Waals surface area contributed by atoms with E-state index < -0.39 is 60.2 Å². The molecule has 0 aromatic heterocycles. The fourth-order valence-corrected chi connectivity index (χ4v) is 2.57. The van der Waals surface area contributed by atoms with Crippen LogP contribution >= 0.6 is 0 Å². The number of aliphatic hydroxyl groups excluding tert-OH is 3. The standard InChI is InChI=1S/C8H16F3NO5S/c9-8(10,11)2-1-3-18(16,17)12-7(4-13,5-14)6-15/h12-15H,1-6H2. The largest absolute Gasteiger partial charge is 0.394 e. The molecule has 0 radical (unpaired) electrons. The molecule has 0 unspecified atom stereocenters. The Labute approximate surface area is 102 Å². The van der Waals surface area contributed by atoms with Gasteiger partial charge in [-0.3, -0.25) is 0 Å². The first-order valence-corrected chi connectivity index (χ1v) is 6.66.